The van der Waals surface area contributed by atoms with Gasteiger partial charge in [0.25, 0.3) is 5.91 Å². The van der Waals surface area contributed by atoms with Crippen LogP contribution in [0.15, 0.2) is 5.38 Å². The Balaban J connectivity index is 0.00000144. The van der Waals surface area contributed by atoms with Crippen LogP contribution in [0, 0.1) is 5.92 Å². The van der Waals surface area contributed by atoms with Crippen molar-refractivity contribution in [3.63, 3.8) is 0 Å². The molecule has 1 aliphatic rings. The molecule has 2 N–H and O–H groups in total. The Morgan fingerprint density at radius 1 is 1.71 bits per heavy atom. The van der Waals surface area contributed by atoms with Gasteiger partial charge in [-0.25, -0.2) is 4.98 Å². The zero-order chi connectivity index (χ0) is 11.5. The van der Waals surface area contributed by atoms with Gasteiger partial charge < -0.3 is 10.6 Å². The zero-order valence-corrected chi connectivity index (χ0v) is 11.5. The van der Waals surface area contributed by atoms with E-state index < -0.39 is 0 Å². The minimum absolute atomic E-state index is 0. The molecule has 0 radical (unpaired) electrons. The number of amides is 1. The molecular weight excluding hydrogens is 258 g/mol. The van der Waals surface area contributed by atoms with Crippen molar-refractivity contribution in [1.29, 1.82) is 0 Å². The summed E-state index contributed by atoms with van der Waals surface area (Å²) in [6.07, 6.45) is 2.32. The molecule has 1 atom stereocenters. The van der Waals surface area contributed by atoms with E-state index in [9.17, 15) is 4.79 Å². The van der Waals surface area contributed by atoms with E-state index in [4.69, 9.17) is 5.73 Å². The second-order valence-corrected chi connectivity index (χ2v) is 5.27. The van der Waals surface area contributed by atoms with Crippen molar-refractivity contribution < 1.29 is 4.79 Å². The maximum absolute atomic E-state index is 12.1. The molecule has 1 fully saturated rings. The van der Waals surface area contributed by atoms with Crippen molar-refractivity contribution in [3.05, 3.63) is 16.1 Å². The average molecular weight is 276 g/mol. The Labute approximate surface area is 112 Å². The minimum atomic E-state index is 0. The van der Waals surface area contributed by atoms with Gasteiger partial charge in [-0.3, -0.25) is 4.79 Å². The number of thiazole rings is 1. The van der Waals surface area contributed by atoms with Gasteiger partial charge in [0.15, 0.2) is 0 Å². The third-order valence-electron chi connectivity index (χ3n) is 2.89. The van der Waals surface area contributed by atoms with Crippen LogP contribution < -0.4 is 5.73 Å². The van der Waals surface area contributed by atoms with Crippen LogP contribution in [0.5, 0.6) is 0 Å². The zero-order valence-electron chi connectivity index (χ0n) is 9.89. The van der Waals surface area contributed by atoms with E-state index in [2.05, 4.69) is 11.9 Å². The highest BCUT2D eigenvalue weighted by Gasteiger charge is 2.23. The van der Waals surface area contributed by atoms with E-state index in [-0.39, 0.29) is 18.3 Å². The maximum Gasteiger partial charge on any atom is 0.273 e. The number of nitrogens with two attached hydrogens (primary N) is 1. The fourth-order valence-electron chi connectivity index (χ4n) is 2.04. The minimum Gasteiger partial charge on any atom is -0.337 e. The molecule has 2 heterocycles. The van der Waals surface area contributed by atoms with E-state index in [0.29, 0.717) is 18.2 Å². The lowest BCUT2D eigenvalue weighted by molar-refractivity contribution is 0.0677. The molecule has 17 heavy (non-hydrogen) atoms. The summed E-state index contributed by atoms with van der Waals surface area (Å²) in [6, 6.07) is 0. The van der Waals surface area contributed by atoms with Gasteiger partial charge in [-0.15, -0.1) is 23.7 Å². The Hall–Kier alpha value is -0.650. The second-order valence-electron chi connectivity index (χ2n) is 4.33. The van der Waals surface area contributed by atoms with Crippen molar-refractivity contribution in [2.75, 3.05) is 13.1 Å². The summed E-state index contributed by atoms with van der Waals surface area (Å²) in [7, 11) is 0. The molecule has 1 saturated heterocycles. The van der Waals surface area contributed by atoms with Crippen LogP contribution in [0.1, 0.15) is 35.3 Å². The fourth-order valence-corrected chi connectivity index (χ4v) is 2.69. The lowest BCUT2D eigenvalue weighted by Crippen LogP contribution is -2.39. The smallest absolute Gasteiger partial charge is 0.273 e. The molecule has 1 unspecified atom stereocenters. The van der Waals surface area contributed by atoms with Gasteiger partial charge in [0.05, 0.1) is 0 Å². The normalized spacial score (nSPS) is 19.9. The number of carbonyl (C=O) groups is 1. The summed E-state index contributed by atoms with van der Waals surface area (Å²) in [5.41, 5.74) is 6.04. The number of halogens is 1. The Morgan fingerprint density at radius 3 is 3.06 bits per heavy atom. The molecule has 1 aromatic rings. The summed E-state index contributed by atoms with van der Waals surface area (Å²) in [4.78, 5) is 18.2. The molecule has 0 aliphatic carbocycles. The van der Waals surface area contributed by atoms with Crippen LogP contribution in [0.2, 0.25) is 0 Å². The van der Waals surface area contributed by atoms with Crippen LogP contribution in [0.25, 0.3) is 0 Å². The summed E-state index contributed by atoms with van der Waals surface area (Å²) < 4.78 is 0. The van der Waals surface area contributed by atoms with Crippen LogP contribution in [-0.2, 0) is 6.54 Å². The number of likely N-dealkylation sites (tertiary alicyclic amines) is 1. The van der Waals surface area contributed by atoms with E-state index in [0.717, 1.165) is 24.5 Å². The SMILES string of the molecule is CC1CCCN(C(=O)c2csc(CN)n2)C1.Cl. The summed E-state index contributed by atoms with van der Waals surface area (Å²) in [5, 5.41) is 2.64. The van der Waals surface area contributed by atoms with E-state index in [1.807, 2.05) is 10.3 Å². The van der Waals surface area contributed by atoms with Crippen molar-refractivity contribution in [2.45, 2.75) is 26.3 Å². The second kappa shape index (κ2) is 6.33. The highest BCUT2D eigenvalue weighted by molar-refractivity contribution is 7.09. The first-order valence-corrected chi connectivity index (χ1v) is 6.52. The first-order valence-electron chi connectivity index (χ1n) is 5.64. The molecular formula is C11H18ClN3OS. The average Bonchev–Trinajstić information content (AvgIpc) is 2.76. The number of carbonyl (C=O) groups excluding carboxylic acids is 1. The van der Waals surface area contributed by atoms with Gasteiger partial charge in [0, 0.05) is 25.0 Å². The maximum atomic E-state index is 12.1. The third-order valence-corrected chi connectivity index (χ3v) is 3.76. The van der Waals surface area contributed by atoms with E-state index in [1.54, 1.807) is 0 Å². The number of rotatable bonds is 2. The Bertz CT molecular complexity index is 383. The standard InChI is InChI=1S/C11H17N3OS.ClH/c1-8-3-2-4-14(6-8)11(15)9-7-16-10(5-12)13-9;/h7-8H,2-6,12H2,1H3;1H. The van der Waals surface area contributed by atoms with Gasteiger partial charge in [-0.2, -0.15) is 0 Å². The van der Waals surface area contributed by atoms with Crippen LogP contribution >= 0.6 is 23.7 Å². The van der Waals surface area contributed by atoms with Crippen LogP contribution in [-0.4, -0.2) is 28.9 Å². The Kier molecular flexibility index (Phi) is 5.36. The molecule has 0 aromatic carbocycles. The predicted octanol–water partition coefficient (Wildman–Crippen LogP) is 1.90. The summed E-state index contributed by atoms with van der Waals surface area (Å²) in [5.74, 6) is 0.660. The first-order chi connectivity index (χ1) is 7.70. The monoisotopic (exact) mass is 275 g/mol. The molecule has 0 saturated carbocycles. The van der Waals surface area contributed by atoms with Crippen molar-refractivity contribution >= 4 is 29.7 Å². The molecule has 6 heteroatoms. The molecule has 1 aliphatic heterocycles. The highest BCUT2D eigenvalue weighted by Crippen LogP contribution is 2.18. The van der Waals surface area contributed by atoms with Gasteiger partial charge in [-0.05, 0) is 18.8 Å². The van der Waals surface area contributed by atoms with Crippen molar-refractivity contribution in [2.24, 2.45) is 11.7 Å². The number of hydrogen-bond acceptors (Lipinski definition) is 4. The quantitative estimate of drug-likeness (QED) is 0.897. The van der Waals surface area contributed by atoms with Crippen molar-refractivity contribution in [1.82, 2.24) is 9.88 Å². The fraction of sp³-hybridized carbons (Fsp3) is 0.636. The highest BCUT2D eigenvalue weighted by atomic mass is 35.5. The topological polar surface area (TPSA) is 59.2 Å². The lowest BCUT2D eigenvalue weighted by Gasteiger charge is -2.30. The predicted molar refractivity (Wildman–Crippen MR) is 71.6 cm³/mol. The van der Waals surface area contributed by atoms with E-state index >= 15 is 0 Å². The summed E-state index contributed by atoms with van der Waals surface area (Å²) >= 11 is 1.46. The molecule has 1 amide bonds. The molecule has 96 valence electrons. The van der Waals surface area contributed by atoms with Gasteiger partial charge in [0.1, 0.15) is 10.7 Å². The number of piperidine rings is 1. The lowest BCUT2D eigenvalue weighted by atomic mass is 10.0. The summed E-state index contributed by atoms with van der Waals surface area (Å²) in [6.45, 7) is 4.31. The third kappa shape index (κ3) is 3.40. The Morgan fingerprint density at radius 2 is 2.47 bits per heavy atom. The van der Waals surface area contributed by atoms with Gasteiger partial charge in [-0.1, -0.05) is 6.92 Å². The molecule has 0 spiro atoms. The molecule has 2 rings (SSSR count). The van der Waals surface area contributed by atoms with Gasteiger partial charge in [0.2, 0.25) is 0 Å². The number of hydrogen-bond donors (Lipinski definition) is 1. The molecule has 4 nitrogen and oxygen atoms in total. The van der Waals surface area contributed by atoms with Crippen LogP contribution in [0.3, 0.4) is 0 Å². The molecule has 0 bridgehead atoms. The van der Waals surface area contributed by atoms with E-state index in [1.165, 1.54) is 17.8 Å². The largest absolute Gasteiger partial charge is 0.337 e. The van der Waals surface area contributed by atoms with Crippen molar-refractivity contribution in [3.8, 4) is 0 Å². The molecule has 1 aromatic heterocycles. The number of nitrogens with zero attached hydrogens (tertiary/aromatic N) is 2. The van der Waals surface area contributed by atoms with Gasteiger partial charge >= 0.3 is 0 Å². The number of aromatic nitrogens is 1. The first kappa shape index (κ1) is 14.4. The van der Waals surface area contributed by atoms with Crippen LogP contribution in [0.4, 0.5) is 0 Å².